The van der Waals surface area contributed by atoms with Gasteiger partial charge in [0.05, 0.1) is 13.2 Å². The minimum Gasteiger partial charge on any atom is -0.468 e. The lowest BCUT2D eigenvalue weighted by atomic mass is 9.98. The summed E-state index contributed by atoms with van der Waals surface area (Å²) in [6, 6.07) is 0.439. The lowest BCUT2D eigenvalue weighted by Crippen LogP contribution is -2.47. The zero-order chi connectivity index (χ0) is 14.0. The first-order chi connectivity index (χ1) is 8.94. The van der Waals surface area contributed by atoms with Crippen LogP contribution in [-0.2, 0) is 9.53 Å². The predicted octanol–water partition coefficient (Wildman–Crippen LogP) is 0.769. The van der Waals surface area contributed by atoms with Gasteiger partial charge in [0.2, 0.25) is 5.16 Å². The molecule has 1 aromatic rings. The van der Waals surface area contributed by atoms with Gasteiger partial charge in [-0.1, -0.05) is 18.7 Å². The highest BCUT2D eigenvalue weighted by molar-refractivity contribution is 7.99. The summed E-state index contributed by atoms with van der Waals surface area (Å²) in [5.41, 5.74) is 4.98. The largest absolute Gasteiger partial charge is 0.468 e. The summed E-state index contributed by atoms with van der Waals surface area (Å²) in [5.74, 6) is -0.401. The van der Waals surface area contributed by atoms with Crippen LogP contribution in [0.15, 0.2) is 5.16 Å². The summed E-state index contributed by atoms with van der Waals surface area (Å²) in [5, 5.41) is 12.6. The number of hydrogen-bond acceptors (Lipinski definition) is 7. The van der Waals surface area contributed by atoms with Crippen molar-refractivity contribution in [2.75, 3.05) is 7.11 Å². The van der Waals surface area contributed by atoms with Crippen LogP contribution < -0.4 is 5.73 Å². The molecular formula is C11H19N5O2S. The summed E-state index contributed by atoms with van der Waals surface area (Å²) in [4.78, 5) is 11.6. The first-order valence-electron chi connectivity index (χ1n) is 6.26. The van der Waals surface area contributed by atoms with E-state index in [9.17, 15) is 4.79 Å². The number of nitrogens with two attached hydrogens (primary N) is 1. The molecule has 1 heterocycles. The molecule has 2 rings (SSSR count). The summed E-state index contributed by atoms with van der Waals surface area (Å²) < 4.78 is 6.56. The highest BCUT2D eigenvalue weighted by Crippen LogP contribution is 2.37. The van der Waals surface area contributed by atoms with Gasteiger partial charge in [-0.25, -0.2) is 4.68 Å². The molecule has 0 spiro atoms. The van der Waals surface area contributed by atoms with E-state index in [-0.39, 0.29) is 5.25 Å². The number of aromatic nitrogens is 4. The number of methoxy groups -OCH3 is 1. The van der Waals surface area contributed by atoms with Crippen LogP contribution in [0.25, 0.3) is 0 Å². The molecule has 1 saturated carbocycles. The summed E-state index contributed by atoms with van der Waals surface area (Å²) in [6.45, 7) is 3.68. The molecule has 0 saturated heterocycles. The van der Waals surface area contributed by atoms with Crippen LogP contribution in [0.1, 0.15) is 39.2 Å². The van der Waals surface area contributed by atoms with Crippen LogP contribution in [0.2, 0.25) is 0 Å². The van der Waals surface area contributed by atoms with Gasteiger partial charge in [0.25, 0.3) is 0 Å². The van der Waals surface area contributed by atoms with E-state index in [0.717, 1.165) is 18.0 Å². The van der Waals surface area contributed by atoms with Crippen molar-refractivity contribution in [1.82, 2.24) is 20.2 Å². The maximum absolute atomic E-state index is 11.6. The standard InChI is InChI=1S/C11H19N5O2S/c1-7(6-11(2,12)9(17)18-3)19-10-13-14-15-16(10)8-4-5-8/h7-8H,4-6,12H2,1-3H3. The molecule has 2 unspecified atom stereocenters. The molecule has 106 valence electrons. The van der Waals surface area contributed by atoms with Crippen molar-refractivity contribution < 1.29 is 9.53 Å². The highest BCUT2D eigenvalue weighted by atomic mass is 32.2. The van der Waals surface area contributed by atoms with Gasteiger partial charge >= 0.3 is 5.97 Å². The van der Waals surface area contributed by atoms with Crippen LogP contribution >= 0.6 is 11.8 Å². The van der Waals surface area contributed by atoms with Gasteiger partial charge in [-0.2, -0.15) is 0 Å². The van der Waals surface area contributed by atoms with Gasteiger partial charge < -0.3 is 10.5 Å². The maximum atomic E-state index is 11.6. The smallest absolute Gasteiger partial charge is 0.325 e. The minimum atomic E-state index is -0.987. The predicted molar refractivity (Wildman–Crippen MR) is 70.6 cm³/mol. The molecule has 19 heavy (non-hydrogen) atoms. The fraction of sp³-hybridized carbons (Fsp3) is 0.818. The molecule has 0 radical (unpaired) electrons. The maximum Gasteiger partial charge on any atom is 0.325 e. The average Bonchev–Trinajstić information content (AvgIpc) is 3.08. The Bertz CT molecular complexity index is 458. The molecule has 2 atom stereocenters. The Labute approximate surface area is 116 Å². The molecular weight excluding hydrogens is 266 g/mol. The third-order valence-electron chi connectivity index (χ3n) is 3.03. The lowest BCUT2D eigenvalue weighted by Gasteiger charge is -2.24. The normalized spacial score (nSPS) is 19.8. The number of carbonyl (C=O) groups excluding carboxylic acids is 1. The molecule has 1 aromatic heterocycles. The minimum absolute atomic E-state index is 0.123. The Morgan fingerprint density at radius 2 is 2.37 bits per heavy atom. The van der Waals surface area contributed by atoms with Crippen LogP contribution in [-0.4, -0.2) is 44.1 Å². The molecule has 0 aromatic carbocycles. The van der Waals surface area contributed by atoms with Gasteiger partial charge in [0, 0.05) is 5.25 Å². The second kappa shape index (κ2) is 5.46. The fourth-order valence-electron chi connectivity index (χ4n) is 1.95. The van der Waals surface area contributed by atoms with E-state index in [1.807, 2.05) is 11.6 Å². The van der Waals surface area contributed by atoms with Crippen molar-refractivity contribution >= 4 is 17.7 Å². The summed E-state index contributed by atoms with van der Waals surface area (Å²) in [7, 11) is 1.35. The third kappa shape index (κ3) is 3.44. The molecule has 7 nitrogen and oxygen atoms in total. The Balaban J connectivity index is 1.95. The quantitative estimate of drug-likeness (QED) is 0.609. The molecule has 0 bridgehead atoms. The molecule has 1 aliphatic rings. The lowest BCUT2D eigenvalue weighted by molar-refractivity contribution is -0.146. The fourth-order valence-corrected chi connectivity index (χ4v) is 3.11. The molecule has 0 aliphatic heterocycles. The molecule has 8 heteroatoms. The van der Waals surface area contributed by atoms with E-state index in [1.165, 1.54) is 18.9 Å². The SMILES string of the molecule is COC(=O)C(C)(N)CC(C)Sc1nnnn1C1CC1. The van der Waals surface area contributed by atoms with Gasteiger partial charge in [-0.05, 0) is 36.6 Å². The van der Waals surface area contributed by atoms with Crippen molar-refractivity contribution in [3.05, 3.63) is 0 Å². The van der Waals surface area contributed by atoms with Crippen LogP contribution in [0.4, 0.5) is 0 Å². The Morgan fingerprint density at radius 1 is 1.68 bits per heavy atom. The summed E-state index contributed by atoms with van der Waals surface area (Å²) >= 11 is 1.54. The highest BCUT2D eigenvalue weighted by Gasteiger charge is 2.33. The van der Waals surface area contributed by atoms with Gasteiger partial charge in [0.1, 0.15) is 5.54 Å². The number of rotatable bonds is 6. The number of carbonyl (C=O) groups is 1. The third-order valence-corrected chi connectivity index (χ3v) is 4.07. The molecule has 2 N–H and O–H groups in total. The van der Waals surface area contributed by atoms with Crippen LogP contribution in [0.5, 0.6) is 0 Å². The van der Waals surface area contributed by atoms with Gasteiger partial charge in [-0.3, -0.25) is 4.79 Å². The van der Waals surface area contributed by atoms with Crippen LogP contribution in [0.3, 0.4) is 0 Å². The van der Waals surface area contributed by atoms with E-state index in [1.54, 1.807) is 6.92 Å². The number of tetrazole rings is 1. The van der Waals surface area contributed by atoms with Gasteiger partial charge in [0.15, 0.2) is 0 Å². The van der Waals surface area contributed by atoms with Crippen molar-refractivity contribution in [1.29, 1.82) is 0 Å². The zero-order valence-electron chi connectivity index (χ0n) is 11.4. The number of hydrogen-bond donors (Lipinski definition) is 1. The molecule has 1 aliphatic carbocycles. The van der Waals surface area contributed by atoms with E-state index >= 15 is 0 Å². The number of nitrogens with zero attached hydrogens (tertiary/aromatic N) is 4. The Morgan fingerprint density at radius 3 is 2.95 bits per heavy atom. The summed E-state index contributed by atoms with van der Waals surface area (Å²) in [6.07, 6.45) is 2.76. The number of ether oxygens (including phenoxy) is 1. The van der Waals surface area contributed by atoms with Crippen molar-refractivity contribution in [3.8, 4) is 0 Å². The van der Waals surface area contributed by atoms with Gasteiger partial charge in [-0.15, -0.1) is 5.10 Å². The molecule has 1 fully saturated rings. The Kier molecular flexibility index (Phi) is 4.10. The number of esters is 1. The van der Waals surface area contributed by atoms with E-state index in [2.05, 4.69) is 15.5 Å². The Hall–Kier alpha value is -1.15. The molecule has 0 amide bonds. The van der Waals surface area contributed by atoms with Crippen molar-refractivity contribution in [2.45, 2.75) is 55.1 Å². The second-order valence-corrected chi connectivity index (χ2v) is 6.58. The zero-order valence-corrected chi connectivity index (χ0v) is 12.2. The monoisotopic (exact) mass is 285 g/mol. The van der Waals surface area contributed by atoms with Crippen LogP contribution in [0, 0.1) is 0 Å². The topological polar surface area (TPSA) is 95.9 Å². The van der Waals surface area contributed by atoms with E-state index in [0.29, 0.717) is 12.5 Å². The van der Waals surface area contributed by atoms with Crippen molar-refractivity contribution in [2.24, 2.45) is 5.73 Å². The second-order valence-electron chi connectivity index (χ2n) is 5.18. The first kappa shape index (κ1) is 14.3. The first-order valence-corrected chi connectivity index (χ1v) is 7.14. The average molecular weight is 285 g/mol. The number of thioether (sulfide) groups is 1. The van der Waals surface area contributed by atoms with E-state index in [4.69, 9.17) is 10.5 Å². The van der Waals surface area contributed by atoms with Crippen molar-refractivity contribution in [3.63, 3.8) is 0 Å². The van der Waals surface area contributed by atoms with E-state index < -0.39 is 11.5 Å².